The highest BCUT2D eigenvalue weighted by atomic mass is 16.4. The summed E-state index contributed by atoms with van der Waals surface area (Å²) in [4.78, 5) is 23.8. The van der Waals surface area contributed by atoms with Gasteiger partial charge in [-0.1, -0.05) is 32.6 Å². The molecule has 0 aromatic heterocycles. The minimum absolute atomic E-state index is 0.0384. The van der Waals surface area contributed by atoms with Crippen molar-refractivity contribution in [1.82, 2.24) is 5.32 Å². The fourth-order valence-corrected chi connectivity index (χ4v) is 4.11. The zero-order valence-electron chi connectivity index (χ0n) is 13.3. The van der Waals surface area contributed by atoms with Crippen molar-refractivity contribution in [2.24, 2.45) is 23.7 Å². The maximum atomic E-state index is 12.5. The maximum Gasteiger partial charge on any atom is 0.307 e. The molecular weight excluding hydrogens is 266 g/mol. The number of carboxylic acids is 1. The van der Waals surface area contributed by atoms with E-state index in [9.17, 15) is 14.7 Å². The quantitative estimate of drug-likeness (QED) is 0.783. The second-order valence-corrected chi connectivity index (χ2v) is 7.18. The van der Waals surface area contributed by atoms with Crippen molar-refractivity contribution in [1.29, 1.82) is 0 Å². The number of carbonyl (C=O) groups is 2. The summed E-state index contributed by atoms with van der Waals surface area (Å²) in [5, 5.41) is 12.4. The highest BCUT2D eigenvalue weighted by Gasteiger charge is 2.41. The lowest BCUT2D eigenvalue weighted by molar-refractivity contribution is -0.146. The van der Waals surface area contributed by atoms with Crippen LogP contribution in [-0.4, -0.2) is 23.0 Å². The molecule has 0 spiro atoms. The predicted molar refractivity (Wildman–Crippen MR) is 81.8 cm³/mol. The monoisotopic (exact) mass is 295 g/mol. The molecule has 2 rings (SSSR count). The summed E-state index contributed by atoms with van der Waals surface area (Å²) in [6, 6.07) is 0.168. The van der Waals surface area contributed by atoms with Crippen molar-refractivity contribution in [3.05, 3.63) is 0 Å². The summed E-state index contributed by atoms with van der Waals surface area (Å²) in [7, 11) is 0. The van der Waals surface area contributed by atoms with Crippen molar-refractivity contribution in [2.45, 2.75) is 71.3 Å². The molecule has 0 radical (unpaired) electrons. The number of carbonyl (C=O) groups excluding carboxylic acids is 1. The zero-order valence-corrected chi connectivity index (χ0v) is 13.3. The Morgan fingerprint density at radius 3 is 2.19 bits per heavy atom. The van der Waals surface area contributed by atoms with Gasteiger partial charge in [0.05, 0.1) is 11.8 Å². The van der Waals surface area contributed by atoms with E-state index in [2.05, 4.69) is 12.2 Å². The molecule has 2 aliphatic carbocycles. The molecule has 0 aromatic carbocycles. The molecular formula is C17H29NO3. The van der Waals surface area contributed by atoms with Gasteiger partial charge in [0.2, 0.25) is 5.91 Å². The number of rotatable bonds is 4. The average molecular weight is 295 g/mol. The summed E-state index contributed by atoms with van der Waals surface area (Å²) in [6.07, 6.45) is 8.82. The lowest BCUT2D eigenvalue weighted by Crippen LogP contribution is -2.43. The van der Waals surface area contributed by atoms with Crippen molar-refractivity contribution < 1.29 is 14.7 Å². The van der Waals surface area contributed by atoms with Crippen LogP contribution in [0.1, 0.15) is 65.2 Å². The Balaban J connectivity index is 1.91. The standard InChI is InChI=1S/C17H29NO3/c1-11-9-14(15(10-11)17(20)21)16(19)18-12(2)13-7-5-3-4-6-8-13/h11-15H,3-10H2,1-2H3,(H,18,19)(H,20,21)/t11?,12-,14-,15+/m0/s1. The first-order valence-electron chi connectivity index (χ1n) is 8.52. The molecule has 2 N–H and O–H groups in total. The second kappa shape index (κ2) is 7.28. The molecule has 21 heavy (non-hydrogen) atoms. The smallest absolute Gasteiger partial charge is 0.307 e. The first kappa shape index (κ1) is 16.3. The van der Waals surface area contributed by atoms with E-state index >= 15 is 0 Å². The predicted octanol–water partition coefficient (Wildman–Crippen LogP) is 3.21. The molecule has 1 amide bonds. The minimum atomic E-state index is -0.818. The molecule has 0 aromatic rings. The normalized spacial score (nSPS) is 32.4. The summed E-state index contributed by atoms with van der Waals surface area (Å²) in [5.74, 6) is -0.814. The van der Waals surface area contributed by atoms with Crippen LogP contribution < -0.4 is 5.32 Å². The third-order valence-electron chi connectivity index (χ3n) is 5.43. The Morgan fingerprint density at radius 2 is 1.62 bits per heavy atom. The van der Waals surface area contributed by atoms with Gasteiger partial charge in [0, 0.05) is 6.04 Å². The summed E-state index contributed by atoms with van der Waals surface area (Å²) in [5.41, 5.74) is 0. The molecule has 0 aliphatic heterocycles. The topological polar surface area (TPSA) is 66.4 Å². The SMILES string of the molecule is CC1C[C@H](C(=O)N[C@@H](C)C2CCCCCC2)[C@H](C(=O)O)C1. The Labute approximate surface area is 127 Å². The van der Waals surface area contributed by atoms with Crippen LogP contribution in [-0.2, 0) is 9.59 Å². The van der Waals surface area contributed by atoms with E-state index in [0.29, 0.717) is 24.7 Å². The van der Waals surface area contributed by atoms with Crippen LogP contribution in [0.2, 0.25) is 0 Å². The van der Waals surface area contributed by atoms with Gasteiger partial charge >= 0.3 is 5.97 Å². The number of aliphatic carboxylic acids is 1. The van der Waals surface area contributed by atoms with Crippen molar-refractivity contribution in [3.63, 3.8) is 0 Å². The lowest BCUT2D eigenvalue weighted by Gasteiger charge is -2.26. The molecule has 0 saturated heterocycles. The third kappa shape index (κ3) is 4.21. The molecule has 0 bridgehead atoms. The molecule has 4 heteroatoms. The van der Waals surface area contributed by atoms with E-state index in [1.807, 2.05) is 6.92 Å². The molecule has 120 valence electrons. The van der Waals surface area contributed by atoms with Crippen LogP contribution >= 0.6 is 0 Å². The molecule has 0 heterocycles. The molecule has 2 saturated carbocycles. The van der Waals surface area contributed by atoms with Crippen molar-refractivity contribution >= 4 is 11.9 Å². The molecule has 2 fully saturated rings. The number of hydrogen-bond acceptors (Lipinski definition) is 2. The van der Waals surface area contributed by atoms with Crippen molar-refractivity contribution in [3.8, 4) is 0 Å². The zero-order chi connectivity index (χ0) is 15.4. The van der Waals surface area contributed by atoms with Gasteiger partial charge < -0.3 is 10.4 Å². The average Bonchev–Trinajstić information content (AvgIpc) is 2.65. The maximum absolute atomic E-state index is 12.5. The Bertz CT molecular complexity index is 374. The Kier molecular flexibility index (Phi) is 5.65. The molecule has 4 atom stereocenters. The molecule has 1 unspecified atom stereocenters. The summed E-state index contributed by atoms with van der Waals surface area (Å²) >= 11 is 0. The summed E-state index contributed by atoms with van der Waals surface area (Å²) < 4.78 is 0. The van der Waals surface area contributed by atoms with Gasteiger partial charge in [-0.05, 0) is 44.4 Å². The highest BCUT2D eigenvalue weighted by molar-refractivity contribution is 5.85. The van der Waals surface area contributed by atoms with Crippen LogP contribution in [0.25, 0.3) is 0 Å². The Morgan fingerprint density at radius 1 is 1.05 bits per heavy atom. The van der Waals surface area contributed by atoms with Gasteiger partial charge in [0.25, 0.3) is 0 Å². The van der Waals surface area contributed by atoms with Crippen LogP contribution in [0.5, 0.6) is 0 Å². The summed E-state index contributed by atoms with van der Waals surface area (Å²) in [6.45, 7) is 4.12. The molecule has 2 aliphatic rings. The highest BCUT2D eigenvalue weighted by Crippen LogP contribution is 2.37. The van der Waals surface area contributed by atoms with Gasteiger partial charge in [-0.3, -0.25) is 9.59 Å². The first-order chi connectivity index (χ1) is 9.99. The van der Waals surface area contributed by atoms with Crippen molar-refractivity contribution in [2.75, 3.05) is 0 Å². The van der Waals surface area contributed by atoms with E-state index < -0.39 is 11.9 Å². The Hall–Kier alpha value is -1.06. The van der Waals surface area contributed by atoms with E-state index in [4.69, 9.17) is 0 Å². The molecule has 4 nitrogen and oxygen atoms in total. The van der Waals surface area contributed by atoms with Crippen LogP contribution in [0.4, 0.5) is 0 Å². The van der Waals surface area contributed by atoms with Gasteiger partial charge in [-0.2, -0.15) is 0 Å². The van der Waals surface area contributed by atoms with E-state index in [1.165, 1.54) is 38.5 Å². The van der Waals surface area contributed by atoms with Gasteiger partial charge in [-0.15, -0.1) is 0 Å². The second-order valence-electron chi connectivity index (χ2n) is 7.18. The lowest BCUT2D eigenvalue weighted by atomic mass is 9.91. The fraction of sp³-hybridized carbons (Fsp3) is 0.882. The number of carboxylic acid groups (broad SMARTS) is 1. The number of nitrogens with one attached hydrogen (secondary N) is 1. The third-order valence-corrected chi connectivity index (χ3v) is 5.43. The van der Waals surface area contributed by atoms with Gasteiger partial charge in [0.1, 0.15) is 0 Å². The van der Waals surface area contributed by atoms with E-state index in [0.717, 1.165) is 0 Å². The number of hydrogen-bond donors (Lipinski definition) is 2. The van der Waals surface area contributed by atoms with Gasteiger partial charge in [0.15, 0.2) is 0 Å². The van der Waals surface area contributed by atoms with Crippen LogP contribution in [0.15, 0.2) is 0 Å². The fourth-order valence-electron chi connectivity index (χ4n) is 4.11. The van der Waals surface area contributed by atoms with E-state index in [1.54, 1.807) is 0 Å². The largest absolute Gasteiger partial charge is 0.481 e. The number of amides is 1. The van der Waals surface area contributed by atoms with E-state index in [-0.39, 0.29) is 17.9 Å². The minimum Gasteiger partial charge on any atom is -0.481 e. The van der Waals surface area contributed by atoms with Gasteiger partial charge in [-0.25, -0.2) is 0 Å². The first-order valence-corrected chi connectivity index (χ1v) is 8.52. The van der Waals surface area contributed by atoms with Crippen LogP contribution in [0, 0.1) is 23.7 Å². The van der Waals surface area contributed by atoms with Crippen LogP contribution in [0.3, 0.4) is 0 Å².